The maximum Gasteiger partial charge on any atom is 0.321 e. The Hall–Kier alpha value is -4.16. The van der Waals surface area contributed by atoms with Crippen LogP contribution in [0.3, 0.4) is 0 Å². The van der Waals surface area contributed by atoms with Crippen LogP contribution in [0.25, 0.3) is 10.8 Å². The number of fused-ring (bicyclic) bond motifs is 2. The number of rotatable bonds is 7. The van der Waals surface area contributed by atoms with Gasteiger partial charge in [0.05, 0.1) is 24.1 Å². The quantitative estimate of drug-likeness (QED) is 0.385. The van der Waals surface area contributed by atoms with Crippen molar-refractivity contribution in [3.63, 3.8) is 0 Å². The highest BCUT2D eigenvalue weighted by molar-refractivity contribution is 5.87. The fourth-order valence-electron chi connectivity index (χ4n) is 6.66. The molecule has 3 aliphatic heterocycles. The average Bonchev–Trinajstić information content (AvgIpc) is 3.43. The van der Waals surface area contributed by atoms with Crippen molar-refractivity contribution in [2.75, 3.05) is 44.7 Å². The summed E-state index contributed by atoms with van der Waals surface area (Å²) in [6.45, 7) is 8.98. The minimum atomic E-state index is -0.262. The number of amides is 1. The van der Waals surface area contributed by atoms with E-state index in [0.717, 1.165) is 42.8 Å². The Kier molecular flexibility index (Phi) is 7.98. The molecule has 4 atom stereocenters. The maximum absolute atomic E-state index is 12.5. The predicted octanol–water partition coefficient (Wildman–Crippen LogP) is 4.53. The van der Waals surface area contributed by atoms with Crippen LogP contribution < -0.4 is 14.4 Å². The first-order chi connectivity index (χ1) is 20.5. The van der Waals surface area contributed by atoms with E-state index in [1.165, 1.54) is 16.8 Å². The summed E-state index contributed by atoms with van der Waals surface area (Å²) in [6, 6.07) is 17.4. The van der Waals surface area contributed by atoms with Crippen LogP contribution in [0, 0.1) is 17.2 Å². The zero-order valence-electron chi connectivity index (χ0n) is 24.4. The minimum Gasteiger partial charge on any atom is -0.469 e. The van der Waals surface area contributed by atoms with Crippen LogP contribution in [0.1, 0.15) is 43.4 Å². The molecule has 2 fully saturated rings. The van der Waals surface area contributed by atoms with Crippen LogP contribution in [0.2, 0.25) is 0 Å². The fraction of sp³-hybridized carbons (Fsp3) is 0.455. The molecule has 0 spiro atoms. The van der Waals surface area contributed by atoms with Gasteiger partial charge in [-0.25, -0.2) is 0 Å². The highest BCUT2D eigenvalue weighted by Crippen LogP contribution is 2.43. The van der Waals surface area contributed by atoms with Crippen molar-refractivity contribution in [1.82, 2.24) is 19.8 Å². The van der Waals surface area contributed by atoms with Crippen molar-refractivity contribution in [3.05, 3.63) is 66.2 Å². The van der Waals surface area contributed by atoms with Crippen LogP contribution >= 0.6 is 0 Å². The van der Waals surface area contributed by atoms with Crippen LogP contribution in [-0.2, 0) is 11.2 Å². The summed E-state index contributed by atoms with van der Waals surface area (Å²) in [5, 5.41) is 11.9. The normalized spacial score (nSPS) is 24.1. The topological polar surface area (TPSA) is 94.8 Å². The fourth-order valence-corrected chi connectivity index (χ4v) is 6.66. The lowest BCUT2D eigenvalue weighted by Gasteiger charge is -2.42. The van der Waals surface area contributed by atoms with Crippen LogP contribution in [-0.4, -0.2) is 77.6 Å². The van der Waals surface area contributed by atoms with Crippen LogP contribution in [0.5, 0.6) is 11.9 Å². The van der Waals surface area contributed by atoms with Gasteiger partial charge in [-0.1, -0.05) is 56.0 Å². The van der Waals surface area contributed by atoms with E-state index in [2.05, 4.69) is 78.9 Å². The number of piperazine rings is 1. The molecule has 2 saturated heterocycles. The van der Waals surface area contributed by atoms with E-state index < -0.39 is 0 Å². The second kappa shape index (κ2) is 12.0. The number of nitriles is 1. The van der Waals surface area contributed by atoms with Gasteiger partial charge in [-0.05, 0) is 49.7 Å². The third kappa shape index (κ3) is 5.39. The average molecular weight is 567 g/mol. The summed E-state index contributed by atoms with van der Waals surface area (Å²) >= 11 is 0. The Morgan fingerprint density at radius 3 is 2.79 bits per heavy atom. The van der Waals surface area contributed by atoms with E-state index in [9.17, 15) is 10.1 Å². The van der Waals surface area contributed by atoms with Gasteiger partial charge in [-0.3, -0.25) is 4.79 Å². The van der Waals surface area contributed by atoms with Crippen molar-refractivity contribution in [2.24, 2.45) is 5.92 Å². The van der Waals surface area contributed by atoms with Gasteiger partial charge in [0, 0.05) is 37.2 Å². The van der Waals surface area contributed by atoms with E-state index >= 15 is 0 Å². The zero-order chi connectivity index (χ0) is 29.2. The van der Waals surface area contributed by atoms with E-state index in [0.29, 0.717) is 44.2 Å². The highest BCUT2D eigenvalue weighted by atomic mass is 16.5. The third-order valence-electron chi connectivity index (χ3n) is 8.98. The first-order valence-corrected chi connectivity index (χ1v) is 14.9. The molecule has 9 nitrogen and oxygen atoms in total. The van der Waals surface area contributed by atoms with Gasteiger partial charge in [0.25, 0.3) is 0 Å². The van der Waals surface area contributed by atoms with Crippen LogP contribution in [0.4, 0.5) is 5.82 Å². The van der Waals surface area contributed by atoms with E-state index in [-0.39, 0.29) is 30.4 Å². The number of hydrogen-bond donors (Lipinski definition) is 0. The van der Waals surface area contributed by atoms with Gasteiger partial charge in [0.1, 0.15) is 18.5 Å². The SMILES string of the molecule is C=CC(=O)N1CCN(c2nc(OC[C@@H]3CCCN3C)nc3c2CC(C)C(c2cccc4ccccc24)O3)C[C@@H]1CC#N. The number of likely N-dealkylation sites (N-methyl/N-ethyl adjacent to an activating group) is 1. The number of anilines is 1. The van der Waals surface area contributed by atoms with Crippen LogP contribution in [0.15, 0.2) is 55.1 Å². The lowest BCUT2D eigenvalue weighted by Crippen LogP contribution is -2.55. The highest BCUT2D eigenvalue weighted by Gasteiger charge is 2.37. The van der Waals surface area contributed by atoms with E-state index in [1.807, 2.05) is 0 Å². The summed E-state index contributed by atoms with van der Waals surface area (Å²) in [6.07, 6.45) is 4.36. The van der Waals surface area contributed by atoms with E-state index in [1.54, 1.807) is 4.90 Å². The molecule has 2 unspecified atom stereocenters. The standard InChI is InChI=1S/C33H38N6O3/c1-4-29(40)39-18-17-38(20-24(39)14-15-34)31-28-19-22(2)30(27-13-7-10-23-9-5-6-12-26(23)27)42-32(28)36-33(35-31)41-21-25-11-8-16-37(25)3/h4-7,9-10,12-13,22,24-25,30H,1,8,11,14,16-21H2,2-3H3/t22?,24-,25-,30?/m0/s1. The number of likely N-dealkylation sites (tertiary alicyclic amines) is 1. The molecule has 42 heavy (non-hydrogen) atoms. The Bertz CT molecular complexity index is 1510. The lowest BCUT2D eigenvalue weighted by atomic mass is 9.87. The summed E-state index contributed by atoms with van der Waals surface area (Å²) in [4.78, 5) is 28.5. The van der Waals surface area contributed by atoms with Gasteiger partial charge in [-0.15, -0.1) is 0 Å². The Morgan fingerprint density at radius 2 is 2.00 bits per heavy atom. The molecule has 6 rings (SSSR count). The first kappa shape index (κ1) is 28.0. The maximum atomic E-state index is 12.5. The van der Waals surface area contributed by atoms with Gasteiger partial charge in [-0.2, -0.15) is 15.2 Å². The first-order valence-electron chi connectivity index (χ1n) is 14.9. The molecule has 0 saturated carbocycles. The molecule has 0 radical (unpaired) electrons. The van der Waals surface area contributed by atoms with Gasteiger partial charge in [0.15, 0.2) is 0 Å². The molecular formula is C33H38N6O3. The monoisotopic (exact) mass is 566 g/mol. The summed E-state index contributed by atoms with van der Waals surface area (Å²) in [5.41, 5.74) is 2.09. The summed E-state index contributed by atoms with van der Waals surface area (Å²) in [7, 11) is 2.12. The summed E-state index contributed by atoms with van der Waals surface area (Å²) in [5.74, 6) is 1.33. The summed E-state index contributed by atoms with van der Waals surface area (Å²) < 4.78 is 13.0. The number of nitrogens with zero attached hydrogens (tertiary/aromatic N) is 6. The number of aromatic nitrogens is 2. The molecule has 218 valence electrons. The minimum absolute atomic E-state index is 0.154. The van der Waals surface area contributed by atoms with Crippen molar-refractivity contribution >= 4 is 22.5 Å². The number of carbonyl (C=O) groups is 1. The molecule has 9 heteroatoms. The molecule has 1 amide bonds. The van der Waals surface area contributed by atoms with Gasteiger partial charge < -0.3 is 24.2 Å². The molecule has 4 heterocycles. The van der Waals surface area contributed by atoms with E-state index in [4.69, 9.17) is 19.4 Å². The molecule has 3 aromatic rings. The Labute approximate surface area is 247 Å². The molecule has 2 aromatic carbocycles. The second-order valence-corrected chi connectivity index (χ2v) is 11.7. The second-order valence-electron chi connectivity index (χ2n) is 11.7. The zero-order valence-corrected chi connectivity index (χ0v) is 24.4. The van der Waals surface area contributed by atoms with Crippen molar-refractivity contribution in [1.29, 1.82) is 5.26 Å². The third-order valence-corrected chi connectivity index (χ3v) is 8.98. The molecule has 0 bridgehead atoms. The Morgan fingerprint density at radius 1 is 1.17 bits per heavy atom. The molecule has 1 aromatic heterocycles. The van der Waals surface area contributed by atoms with Crippen molar-refractivity contribution < 1.29 is 14.3 Å². The molecular weight excluding hydrogens is 528 g/mol. The lowest BCUT2D eigenvalue weighted by molar-refractivity contribution is -0.128. The largest absolute Gasteiger partial charge is 0.469 e. The smallest absolute Gasteiger partial charge is 0.321 e. The molecule has 0 N–H and O–H groups in total. The van der Waals surface area contributed by atoms with Gasteiger partial charge in [0.2, 0.25) is 11.8 Å². The number of hydrogen-bond acceptors (Lipinski definition) is 8. The number of carbonyl (C=O) groups excluding carboxylic acids is 1. The number of benzene rings is 2. The van der Waals surface area contributed by atoms with Gasteiger partial charge >= 0.3 is 6.01 Å². The molecule has 0 aliphatic carbocycles. The number of ether oxygens (including phenoxy) is 2. The van der Waals surface area contributed by atoms with Crippen molar-refractivity contribution in [3.8, 4) is 18.0 Å². The Balaban J connectivity index is 1.35. The molecule has 3 aliphatic rings. The van der Waals surface area contributed by atoms with Crippen molar-refractivity contribution in [2.45, 2.75) is 50.8 Å². The predicted molar refractivity (Wildman–Crippen MR) is 162 cm³/mol.